The van der Waals surface area contributed by atoms with Crippen molar-refractivity contribution in [3.63, 3.8) is 0 Å². The van der Waals surface area contributed by atoms with E-state index in [1.165, 1.54) is 12.4 Å². The molecule has 1 saturated heterocycles. The van der Waals surface area contributed by atoms with E-state index in [-0.39, 0.29) is 42.5 Å². The molecule has 2 aliphatic rings. The van der Waals surface area contributed by atoms with Crippen LogP contribution in [0.1, 0.15) is 24.8 Å². The number of hydrogen-bond donors (Lipinski definition) is 3. The van der Waals surface area contributed by atoms with Crippen molar-refractivity contribution in [1.29, 1.82) is 0 Å². The molecule has 2 aromatic rings. The first-order valence-corrected chi connectivity index (χ1v) is 12.0. The van der Waals surface area contributed by atoms with Crippen LogP contribution in [0.5, 0.6) is 0 Å². The van der Waals surface area contributed by atoms with E-state index in [4.69, 9.17) is 5.73 Å². The number of likely N-dealkylation sites (tertiary alicyclic amines) is 1. The van der Waals surface area contributed by atoms with Crippen LogP contribution in [0, 0.1) is 21.1 Å². The van der Waals surface area contributed by atoms with E-state index in [1.54, 1.807) is 11.0 Å². The summed E-state index contributed by atoms with van der Waals surface area (Å²) in [6, 6.07) is 5.12. The van der Waals surface area contributed by atoms with Crippen LogP contribution in [0.15, 0.2) is 24.5 Å². The number of nitrogens with two attached hydrogens (primary N) is 1. The topological polar surface area (TPSA) is 108 Å². The second-order valence-electron chi connectivity index (χ2n) is 8.65. The third-order valence-electron chi connectivity index (χ3n) is 6.10. The molecule has 1 aromatic carbocycles. The van der Waals surface area contributed by atoms with E-state index in [1.807, 2.05) is 11.0 Å². The second-order valence-corrected chi connectivity index (χ2v) is 9.90. The molecule has 1 unspecified atom stereocenters. The summed E-state index contributed by atoms with van der Waals surface area (Å²) in [5.41, 5.74) is 5.71. The molecule has 8 nitrogen and oxygen atoms in total. The Bertz CT molecular complexity index is 1010. The van der Waals surface area contributed by atoms with Crippen molar-refractivity contribution in [1.82, 2.24) is 14.9 Å². The first-order chi connectivity index (χ1) is 15.8. The van der Waals surface area contributed by atoms with E-state index >= 15 is 4.39 Å². The molecule has 1 aliphatic carbocycles. The van der Waals surface area contributed by atoms with E-state index in [2.05, 4.69) is 37.9 Å². The number of primary amides is 1. The number of halogens is 3. The molecule has 0 spiro atoms. The summed E-state index contributed by atoms with van der Waals surface area (Å²) in [7, 11) is 0. The number of aromatic nitrogens is 2. The first kappa shape index (κ1) is 24.0. The number of carbonyl (C=O) groups is 1. The van der Waals surface area contributed by atoms with Crippen LogP contribution in [0.4, 0.5) is 20.4 Å². The predicted octanol–water partition coefficient (Wildman–Crippen LogP) is 2.11. The van der Waals surface area contributed by atoms with Crippen LogP contribution in [0.2, 0.25) is 0 Å². The number of piperidine rings is 1. The van der Waals surface area contributed by atoms with Gasteiger partial charge in [-0.05, 0) is 60.5 Å². The van der Waals surface area contributed by atoms with Crippen molar-refractivity contribution in [2.24, 2.45) is 11.7 Å². The molecule has 1 saturated carbocycles. The van der Waals surface area contributed by atoms with Crippen LogP contribution in [-0.2, 0) is 11.3 Å². The molecule has 1 aromatic heterocycles. The number of anilines is 2. The lowest BCUT2D eigenvalue weighted by atomic mass is 9.93. The molecule has 0 bridgehead atoms. The summed E-state index contributed by atoms with van der Waals surface area (Å²) in [5, 5.41) is 13.4. The molecule has 2 fully saturated rings. The van der Waals surface area contributed by atoms with Gasteiger partial charge >= 0.3 is 0 Å². The van der Waals surface area contributed by atoms with Crippen molar-refractivity contribution in [2.45, 2.75) is 38.0 Å². The smallest absolute Gasteiger partial charge is 0.231 e. The van der Waals surface area contributed by atoms with E-state index < -0.39 is 17.8 Å². The number of nitrogens with one attached hydrogen (secondary N) is 1. The van der Waals surface area contributed by atoms with E-state index in [0.29, 0.717) is 31.6 Å². The third-order valence-corrected chi connectivity index (χ3v) is 6.77. The highest BCUT2D eigenvalue weighted by molar-refractivity contribution is 14.1. The highest BCUT2D eigenvalue weighted by Gasteiger charge is 2.33. The van der Waals surface area contributed by atoms with Gasteiger partial charge in [-0.25, -0.2) is 14.4 Å². The number of aliphatic hydroxyl groups is 1. The lowest BCUT2D eigenvalue weighted by Gasteiger charge is -2.35. The summed E-state index contributed by atoms with van der Waals surface area (Å²) in [4.78, 5) is 22.9. The summed E-state index contributed by atoms with van der Waals surface area (Å²) < 4.78 is 30.6. The van der Waals surface area contributed by atoms with Crippen molar-refractivity contribution >= 4 is 40.1 Å². The molecule has 1 amide bonds. The molecule has 11 heteroatoms. The Morgan fingerprint density at radius 3 is 2.76 bits per heavy atom. The summed E-state index contributed by atoms with van der Waals surface area (Å²) >= 11 is 2.05. The second kappa shape index (κ2) is 10.4. The van der Waals surface area contributed by atoms with Gasteiger partial charge in [0.1, 0.15) is 12.1 Å². The Morgan fingerprint density at radius 2 is 2.09 bits per heavy atom. The molecular weight excluding hydrogens is 545 g/mol. The molecular formula is C22H27F2IN6O2. The fraction of sp³-hybridized carbons (Fsp3) is 0.500. The Kier molecular flexibility index (Phi) is 7.59. The SMILES string of the molecule is NC(=O)CN1CCC(CNc2ncnc(N(Cc3ccc(I)cc3F)C3CC3)c2F)[C@H](O)C1. The molecule has 33 heavy (non-hydrogen) atoms. The molecule has 2 atom stereocenters. The van der Waals surface area contributed by atoms with Gasteiger partial charge in [0.2, 0.25) is 11.7 Å². The summed E-state index contributed by atoms with van der Waals surface area (Å²) in [6.45, 7) is 1.62. The zero-order valence-electron chi connectivity index (χ0n) is 18.1. The van der Waals surface area contributed by atoms with Gasteiger partial charge in [-0.2, -0.15) is 4.39 Å². The highest BCUT2D eigenvalue weighted by atomic mass is 127. The monoisotopic (exact) mass is 572 g/mol. The molecule has 4 N–H and O–H groups in total. The maximum atomic E-state index is 15.4. The first-order valence-electron chi connectivity index (χ1n) is 11.0. The average molecular weight is 572 g/mol. The molecule has 4 rings (SSSR count). The zero-order chi connectivity index (χ0) is 23.5. The van der Waals surface area contributed by atoms with Gasteiger partial charge in [-0.15, -0.1) is 0 Å². The number of benzene rings is 1. The number of nitrogens with zero attached hydrogens (tertiary/aromatic N) is 4. The zero-order valence-corrected chi connectivity index (χ0v) is 20.2. The minimum atomic E-state index is -0.665. The normalized spacial score (nSPS) is 21.1. The van der Waals surface area contributed by atoms with E-state index in [0.717, 1.165) is 16.4 Å². The van der Waals surface area contributed by atoms with Crippen LogP contribution < -0.4 is 16.0 Å². The number of hydrogen-bond acceptors (Lipinski definition) is 7. The third kappa shape index (κ3) is 6.07. The van der Waals surface area contributed by atoms with Gasteiger partial charge in [0, 0.05) is 40.7 Å². The van der Waals surface area contributed by atoms with Gasteiger partial charge in [0.25, 0.3) is 0 Å². The van der Waals surface area contributed by atoms with Gasteiger partial charge in [-0.3, -0.25) is 9.69 Å². The van der Waals surface area contributed by atoms with Crippen molar-refractivity contribution in [2.75, 3.05) is 36.4 Å². The summed E-state index contributed by atoms with van der Waals surface area (Å²) in [5.74, 6) is -1.26. The lowest BCUT2D eigenvalue weighted by molar-refractivity contribution is -0.120. The largest absolute Gasteiger partial charge is 0.391 e. The van der Waals surface area contributed by atoms with Crippen molar-refractivity contribution in [3.8, 4) is 0 Å². The maximum absolute atomic E-state index is 15.4. The van der Waals surface area contributed by atoms with Crippen molar-refractivity contribution in [3.05, 3.63) is 45.3 Å². The van der Waals surface area contributed by atoms with Gasteiger partial charge in [0.05, 0.1) is 12.6 Å². The van der Waals surface area contributed by atoms with E-state index in [9.17, 15) is 14.3 Å². The van der Waals surface area contributed by atoms with Gasteiger partial charge in [-0.1, -0.05) is 6.07 Å². The van der Waals surface area contributed by atoms with Crippen LogP contribution in [0.3, 0.4) is 0 Å². The summed E-state index contributed by atoms with van der Waals surface area (Å²) in [6.07, 6.45) is 3.07. The number of β-amino-alcohol motifs (C(OH)–C–C–N with tert-alkyl or cyclic N) is 1. The minimum absolute atomic E-state index is 0.0560. The number of carbonyl (C=O) groups excluding carboxylic acids is 1. The molecule has 2 heterocycles. The number of amides is 1. The molecule has 0 radical (unpaired) electrons. The standard InChI is InChI=1S/C22H27F2IN6O2/c23-17-7-15(25)2-1-14(17)9-31(16-3-4-16)22-20(24)21(28-12-29-22)27-8-13-5-6-30(10-18(13)32)11-19(26)33/h1-2,7,12-13,16,18,32H,3-6,8-11H2,(H2,26,33)(H,27,28,29)/t13?,18-/m1/s1. The molecule has 178 valence electrons. The van der Waals surface area contributed by atoms with Crippen LogP contribution >= 0.6 is 22.6 Å². The Balaban J connectivity index is 1.44. The quantitative estimate of drug-likeness (QED) is 0.396. The minimum Gasteiger partial charge on any atom is -0.391 e. The fourth-order valence-corrected chi connectivity index (χ4v) is 4.61. The van der Waals surface area contributed by atoms with Crippen LogP contribution in [-0.4, -0.2) is 64.2 Å². The van der Waals surface area contributed by atoms with Gasteiger partial charge < -0.3 is 21.1 Å². The van der Waals surface area contributed by atoms with Crippen molar-refractivity contribution < 1.29 is 18.7 Å². The Hall–Kier alpha value is -2.12. The lowest BCUT2D eigenvalue weighted by Crippen LogP contribution is -2.48. The number of aliphatic hydroxyl groups excluding tert-OH is 1. The average Bonchev–Trinajstić information content (AvgIpc) is 3.59. The van der Waals surface area contributed by atoms with Crippen LogP contribution in [0.25, 0.3) is 0 Å². The maximum Gasteiger partial charge on any atom is 0.231 e. The Morgan fingerprint density at radius 1 is 1.30 bits per heavy atom. The fourth-order valence-electron chi connectivity index (χ4n) is 4.16. The predicted molar refractivity (Wildman–Crippen MR) is 129 cm³/mol. The highest BCUT2D eigenvalue weighted by Crippen LogP contribution is 2.35. The van der Waals surface area contributed by atoms with Gasteiger partial charge in [0.15, 0.2) is 11.6 Å². The Labute approximate surface area is 204 Å². The number of rotatable bonds is 9. The molecule has 1 aliphatic heterocycles.